The number of amides is 2. The Kier molecular flexibility index (Phi) is 2.72. The van der Waals surface area contributed by atoms with Crippen LogP contribution in [0.3, 0.4) is 0 Å². The number of rotatable bonds is 1. The van der Waals surface area contributed by atoms with E-state index in [4.69, 9.17) is 0 Å². The molecular formula is C16H14F3NO2. The molecule has 2 bridgehead atoms. The molecule has 1 aromatic rings. The van der Waals surface area contributed by atoms with Crippen LogP contribution in [0, 0.1) is 23.7 Å². The second-order valence-electron chi connectivity index (χ2n) is 6.44. The molecular weight excluding hydrogens is 295 g/mol. The van der Waals surface area contributed by atoms with Gasteiger partial charge in [0.1, 0.15) is 0 Å². The minimum atomic E-state index is -4.49. The molecule has 2 amide bonds. The van der Waals surface area contributed by atoms with Crippen LogP contribution < -0.4 is 4.90 Å². The van der Waals surface area contributed by atoms with E-state index < -0.39 is 11.7 Å². The van der Waals surface area contributed by atoms with Gasteiger partial charge in [-0.3, -0.25) is 14.5 Å². The van der Waals surface area contributed by atoms with Crippen LogP contribution in [0.1, 0.15) is 24.8 Å². The summed E-state index contributed by atoms with van der Waals surface area (Å²) in [5.74, 6) is -0.825. The van der Waals surface area contributed by atoms with Crippen LogP contribution in [-0.2, 0) is 15.8 Å². The number of carbonyl (C=O) groups excluding carboxylic acids is 2. The number of benzene rings is 1. The zero-order chi connectivity index (χ0) is 15.6. The van der Waals surface area contributed by atoms with Crippen LogP contribution in [0.5, 0.6) is 0 Å². The summed E-state index contributed by atoms with van der Waals surface area (Å²) in [4.78, 5) is 26.1. The summed E-state index contributed by atoms with van der Waals surface area (Å²) >= 11 is 0. The molecule has 4 atom stereocenters. The van der Waals surface area contributed by atoms with Gasteiger partial charge in [0.2, 0.25) is 11.8 Å². The third-order valence-electron chi connectivity index (χ3n) is 5.36. The molecule has 0 aromatic heterocycles. The van der Waals surface area contributed by atoms with Crippen molar-refractivity contribution in [3.05, 3.63) is 29.8 Å². The van der Waals surface area contributed by atoms with E-state index in [9.17, 15) is 22.8 Å². The lowest BCUT2D eigenvalue weighted by atomic mass is 9.81. The first kappa shape index (κ1) is 13.8. The van der Waals surface area contributed by atoms with E-state index >= 15 is 0 Å². The summed E-state index contributed by atoms with van der Waals surface area (Å²) in [6, 6.07) is 4.47. The highest BCUT2D eigenvalue weighted by atomic mass is 19.4. The van der Waals surface area contributed by atoms with Gasteiger partial charge < -0.3 is 0 Å². The van der Waals surface area contributed by atoms with Crippen LogP contribution >= 0.6 is 0 Å². The Hall–Kier alpha value is -1.85. The van der Waals surface area contributed by atoms with Crippen molar-refractivity contribution in [1.29, 1.82) is 0 Å². The number of carbonyl (C=O) groups is 2. The van der Waals surface area contributed by atoms with Crippen molar-refractivity contribution in [3.63, 3.8) is 0 Å². The molecule has 1 aliphatic heterocycles. The summed E-state index contributed by atoms with van der Waals surface area (Å²) in [7, 11) is 0. The van der Waals surface area contributed by atoms with Crippen LogP contribution in [0.25, 0.3) is 0 Å². The summed E-state index contributed by atoms with van der Waals surface area (Å²) in [5.41, 5.74) is -0.802. The molecule has 1 aromatic carbocycles. The largest absolute Gasteiger partial charge is 0.416 e. The van der Waals surface area contributed by atoms with Crippen molar-refractivity contribution < 1.29 is 22.8 Å². The molecule has 116 valence electrons. The molecule has 2 aliphatic carbocycles. The van der Waals surface area contributed by atoms with Crippen LogP contribution in [-0.4, -0.2) is 11.8 Å². The first-order valence-electron chi connectivity index (χ1n) is 7.43. The van der Waals surface area contributed by atoms with Crippen molar-refractivity contribution in [3.8, 4) is 0 Å². The Morgan fingerprint density at radius 1 is 1.00 bits per heavy atom. The zero-order valence-electron chi connectivity index (χ0n) is 11.6. The van der Waals surface area contributed by atoms with E-state index in [2.05, 4.69) is 0 Å². The second-order valence-corrected chi connectivity index (χ2v) is 6.44. The predicted molar refractivity (Wildman–Crippen MR) is 71.7 cm³/mol. The van der Waals surface area contributed by atoms with Gasteiger partial charge >= 0.3 is 6.18 Å². The lowest BCUT2D eigenvalue weighted by molar-refractivity contribution is -0.137. The monoisotopic (exact) mass is 309 g/mol. The second kappa shape index (κ2) is 4.33. The Balaban J connectivity index is 1.72. The van der Waals surface area contributed by atoms with Crippen LogP contribution in [0.2, 0.25) is 0 Å². The average molecular weight is 309 g/mol. The Morgan fingerprint density at radius 2 is 1.59 bits per heavy atom. The molecule has 1 saturated heterocycles. The van der Waals surface area contributed by atoms with Crippen LogP contribution in [0.15, 0.2) is 24.3 Å². The summed E-state index contributed by atoms with van der Waals surface area (Å²) in [5, 5.41) is 0. The number of fused-ring (bicyclic) bond motifs is 5. The number of alkyl halides is 3. The van der Waals surface area contributed by atoms with E-state index in [0.29, 0.717) is 0 Å². The maximum absolute atomic E-state index is 12.8. The quantitative estimate of drug-likeness (QED) is 0.747. The Labute approximate surface area is 125 Å². The smallest absolute Gasteiger partial charge is 0.274 e. The van der Waals surface area contributed by atoms with Gasteiger partial charge in [-0.2, -0.15) is 13.2 Å². The van der Waals surface area contributed by atoms with Gasteiger partial charge in [0.15, 0.2) is 0 Å². The zero-order valence-corrected chi connectivity index (χ0v) is 11.6. The van der Waals surface area contributed by atoms with Crippen molar-refractivity contribution in [1.82, 2.24) is 0 Å². The average Bonchev–Trinajstić information content (AvgIpc) is 3.12. The highest BCUT2D eigenvalue weighted by Crippen LogP contribution is 2.56. The lowest BCUT2D eigenvalue weighted by Crippen LogP contribution is -2.32. The molecule has 22 heavy (non-hydrogen) atoms. The fourth-order valence-corrected chi connectivity index (χ4v) is 4.48. The summed E-state index contributed by atoms with van der Waals surface area (Å²) in [6.07, 6.45) is -1.69. The van der Waals surface area contributed by atoms with Crippen molar-refractivity contribution >= 4 is 17.5 Å². The normalized spacial score (nSPS) is 33.7. The Morgan fingerprint density at radius 3 is 2.14 bits per heavy atom. The SMILES string of the molecule is O=C1C2[C@@H]3CC[C@@H](C3)[C@H]2C(=O)N1c1cccc(C(F)(F)F)c1. The van der Waals surface area contributed by atoms with Crippen molar-refractivity contribution in [2.24, 2.45) is 23.7 Å². The number of hydrogen-bond acceptors (Lipinski definition) is 2. The molecule has 3 aliphatic rings. The minimum absolute atomic E-state index is 0.0404. The molecule has 0 N–H and O–H groups in total. The molecule has 1 heterocycles. The fraction of sp³-hybridized carbons (Fsp3) is 0.500. The standard InChI is InChI=1S/C16H14F3NO2/c17-16(18,19)10-2-1-3-11(7-10)20-14(21)12-8-4-5-9(6-8)13(12)15(20)22/h1-3,7-9,12-13H,4-6H2/t8-,9+,12+,13?/m0/s1. The Bertz CT molecular complexity index is 642. The highest BCUT2D eigenvalue weighted by Gasteiger charge is 2.61. The summed E-state index contributed by atoms with van der Waals surface area (Å²) < 4.78 is 38.5. The molecule has 3 nitrogen and oxygen atoms in total. The molecule has 0 spiro atoms. The van der Waals surface area contributed by atoms with Crippen molar-refractivity contribution in [2.75, 3.05) is 4.90 Å². The molecule has 0 radical (unpaired) electrons. The number of nitrogens with zero attached hydrogens (tertiary/aromatic N) is 1. The van der Waals surface area contributed by atoms with Gasteiger partial charge in [0, 0.05) is 0 Å². The molecule has 3 fully saturated rings. The third kappa shape index (κ3) is 1.76. The van der Waals surface area contributed by atoms with E-state index in [1.165, 1.54) is 12.1 Å². The van der Waals surface area contributed by atoms with E-state index in [0.717, 1.165) is 36.3 Å². The molecule has 6 heteroatoms. The highest BCUT2D eigenvalue weighted by molar-refractivity contribution is 6.22. The van der Waals surface area contributed by atoms with Gasteiger partial charge in [-0.1, -0.05) is 6.07 Å². The van der Waals surface area contributed by atoms with Crippen molar-refractivity contribution in [2.45, 2.75) is 25.4 Å². The molecule has 2 saturated carbocycles. The number of imide groups is 1. The number of hydrogen-bond donors (Lipinski definition) is 0. The van der Waals surface area contributed by atoms with E-state index in [1.54, 1.807) is 0 Å². The van der Waals surface area contributed by atoms with Gasteiger partial charge in [0.25, 0.3) is 0 Å². The fourth-order valence-electron chi connectivity index (χ4n) is 4.48. The van der Waals surface area contributed by atoms with E-state index in [1.807, 2.05) is 0 Å². The van der Waals surface area contributed by atoms with Gasteiger partial charge in [-0.15, -0.1) is 0 Å². The minimum Gasteiger partial charge on any atom is -0.274 e. The number of anilines is 1. The first-order valence-corrected chi connectivity index (χ1v) is 7.43. The summed E-state index contributed by atoms with van der Waals surface area (Å²) in [6.45, 7) is 0. The molecule has 4 rings (SSSR count). The topological polar surface area (TPSA) is 37.4 Å². The van der Waals surface area contributed by atoms with Gasteiger partial charge in [0.05, 0.1) is 23.1 Å². The molecule has 1 unspecified atom stereocenters. The van der Waals surface area contributed by atoms with Gasteiger partial charge in [-0.25, -0.2) is 0 Å². The van der Waals surface area contributed by atoms with Gasteiger partial charge in [-0.05, 0) is 49.3 Å². The van der Waals surface area contributed by atoms with E-state index in [-0.39, 0.29) is 41.2 Å². The first-order chi connectivity index (χ1) is 10.4. The lowest BCUT2D eigenvalue weighted by Gasteiger charge is -2.19. The van der Waals surface area contributed by atoms with Crippen LogP contribution in [0.4, 0.5) is 18.9 Å². The third-order valence-corrected chi connectivity index (χ3v) is 5.36. The number of halogens is 3. The maximum atomic E-state index is 12.8. The predicted octanol–water partition coefficient (Wildman–Crippen LogP) is 3.24. The maximum Gasteiger partial charge on any atom is 0.416 e.